The molecule has 110 valence electrons. The molecule has 2 N–H and O–H groups in total. The fourth-order valence-electron chi connectivity index (χ4n) is 2.00. The molecule has 0 heterocycles. The van der Waals surface area contributed by atoms with E-state index >= 15 is 0 Å². The van der Waals surface area contributed by atoms with Crippen LogP contribution in [0.25, 0.3) is 0 Å². The number of halogens is 3. The van der Waals surface area contributed by atoms with Crippen molar-refractivity contribution in [2.24, 2.45) is 0 Å². The summed E-state index contributed by atoms with van der Waals surface area (Å²) in [6.07, 6.45) is 0. The van der Waals surface area contributed by atoms with Gasteiger partial charge in [-0.1, -0.05) is 29.3 Å². The molecule has 6 heteroatoms. The van der Waals surface area contributed by atoms with Crippen LogP contribution in [0.2, 0.25) is 10.0 Å². The Labute approximate surface area is 131 Å². The summed E-state index contributed by atoms with van der Waals surface area (Å²) < 4.78 is 13.5. The van der Waals surface area contributed by atoms with Crippen molar-refractivity contribution in [3.8, 4) is 0 Å². The molecule has 1 atom stereocenters. The molecule has 0 fully saturated rings. The van der Waals surface area contributed by atoms with Crippen LogP contribution in [0.5, 0.6) is 0 Å². The Kier molecular flexibility index (Phi) is 4.70. The molecule has 2 rings (SSSR count). The monoisotopic (exact) mass is 327 g/mol. The lowest BCUT2D eigenvalue weighted by Crippen LogP contribution is -2.09. The predicted molar refractivity (Wildman–Crippen MR) is 81.9 cm³/mol. The molecule has 0 saturated carbocycles. The Bertz CT molecular complexity index is 691. The van der Waals surface area contributed by atoms with Crippen LogP contribution < -0.4 is 5.32 Å². The van der Waals surface area contributed by atoms with Crippen molar-refractivity contribution in [3.63, 3.8) is 0 Å². The second-order valence-electron chi connectivity index (χ2n) is 4.51. The molecular weight excluding hydrogens is 316 g/mol. The Hall–Kier alpha value is -1.78. The number of benzene rings is 2. The highest BCUT2D eigenvalue weighted by Gasteiger charge is 2.17. The van der Waals surface area contributed by atoms with Crippen LogP contribution in [0.1, 0.15) is 28.9 Å². The van der Waals surface area contributed by atoms with Crippen LogP contribution in [0.15, 0.2) is 36.4 Å². The minimum Gasteiger partial charge on any atom is -0.478 e. The molecule has 0 radical (unpaired) electrons. The van der Waals surface area contributed by atoms with Gasteiger partial charge in [-0.05, 0) is 37.3 Å². The van der Waals surface area contributed by atoms with Crippen molar-refractivity contribution in [2.45, 2.75) is 13.0 Å². The minimum atomic E-state index is -1.02. The summed E-state index contributed by atoms with van der Waals surface area (Å²) in [7, 11) is 0. The van der Waals surface area contributed by atoms with Crippen LogP contribution >= 0.6 is 23.2 Å². The minimum absolute atomic E-state index is 0.0445. The molecule has 3 nitrogen and oxygen atoms in total. The maximum Gasteiger partial charge on any atom is 0.335 e. The highest BCUT2D eigenvalue weighted by molar-refractivity contribution is 6.36. The molecule has 0 aromatic heterocycles. The third-order valence-corrected chi connectivity index (χ3v) is 3.72. The number of carboxylic acids is 1. The molecule has 0 amide bonds. The molecule has 0 aliphatic rings. The van der Waals surface area contributed by atoms with Crippen LogP contribution in [-0.4, -0.2) is 11.1 Å². The van der Waals surface area contributed by atoms with Gasteiger partial charge in [-0.15, -0.1) is 0 Å². The zero-order valence-corrected chi connectivity index (χ0v) is 12.5. The highest BCUT2D eigenvalue weighted by Crippen LogP contribution is 2.34. The van der Waals surface area contributed by atoms with E-state index < -0.39 is 11.8 Å². The molecular formula is C15H12Cl2FNO2. The molecule has 0 spiro atoms. The number of carbonyl (C=O) groups is 1. The first kappa shape index (κ1) is 15.6. The Morgan fingerprint density at radius 2 is 2.00 bits per heavy atom. The highest BCUT2D eigenvalue weighted by atomic mass is 35.5. The van der Waals surface area contributed by atoms with Crippen molar-refractivity contribution in [1.29, 1.82) is 0 Å². The largest absolute Gasteiger partial charge is 0.478 e. The van der Waals surface area contributed by atoms with E-state index in [1.807, 2.05) is 0 Å². The molecule has 2 aromatic carbocycles. The lowest BCUT2D eigenvalue weighted by Gasteiger charge is -2.19. The summed E-state index contributed by atoms with van der Waals surface area (Å²) in [6.45, 7) is 1.76. The van der Waals surface area contributed by atoms with Gasteiger partial charge in [0, 0.05) is 16.3 Å². The maximum atomic E-state index is 13.5. The Balaban J connectivity index is 2.30. The predicted octanol–water partition coefficient (Wildman–Crippen LogP) is 5.00. The van der Waals surface area contributed by atoms with Crippen molar-refractivity contribution >= 4 is 34.9 Å². The zero-order chi connectivity index (χ0) is 15.6. The van der Waals surface area contributed by atoms with Crippen molar-refractivity contribution < 1.29 is 14.3 Å². The first-order valence-electron chi connectivity index (χ1n) is 6.13. The van der Waals surface area contributed by atoms with E-state index in [0.29, 0.717) is 16.3 Å². The van der Waals surface area contributed by atoms with E-state index in [9.17, 15) is 9.18 Å². The number of hydrogen-bond donors (Lipinski definition) is 2. The number of carboxylic acid groups (broad SMARTS) is 1. The van der Waals surface area contributed by atoms with Gasteiger partial charge in [-0.25, -0.2) is 9.18 Å². The zero-order valence-electron chi connectivity index (χ0n) is 11.0. The summed E-state index contributed by atoms with van der Waals surface area (Å²) in [6, 6.07) is 8.55. The summed E-state index contributed by atoms with van der Waals surface area (Å²) in [5.74, 6) is -1.57. The first-order valence-corrected chi connectivity index (χ1v) is 6.89. The standard InChI is InChI=1S/C15H12Cl2FNO2/c1-8(13-11(16)5-6-12(18)14(13)17)19-10-4-2-3-9(7-10)15(20)21/h2-8,19H,1H3,(H,20,21). The van der Waals surface area contributed by atoms with E-state index in [1.54, 1.807) is 19.1 Å². The molecule has 0 saturated heterocycles. The number of nitrogens with one attached hydrogen (secondary N) is 1. The van der Waals surface area contributed by atoms with Crippen molar-refractivity contribution in [1.82, 2.24) is 0 Å². The second-order valence-corrected chi connectivity index (χ2v) is 5.29. The maximum absolute atomic E-state index is 13.5. The van der Waals surface area contributed by atoms with E-state index in [4.69, 9.17) is 28.3 Å². The van der Waals surface area contributed by atoms with E-state index in [2.05, 4.69) is 5.32 Å². The lowest BCUT2D eigenvalue weighted by molar-refractivity contribution is 0.0697. The van der Waals surface area contributed by atoms with Crippen LogP contribution in [-0.2, 0) is 0 Å². The van der Waals surface area contributed by atoms with Gasteiger partial charge in [0.05, 0.1) is 16.6 Å². The molecule has 0 aliphatic carbocycles. The third kappa shape index (κ3) is 3.46. The summed E-state index contributed by atoms with van der Waals surface area (Å²) in [4.78, 5) is 10.9. The lowest BCUT2D eigenvalue weighted by atomic mass is 10.1. The van der Waals surface area contributed by atoms with E-state index in [-0.39, 0.29) is 16.6 Å². The van der Waals surface area contributed by atoms with Gasteiger partial charge in [0.25, 0.3) is 0 Å². The molecule has 2 aromatic rings. The van der Waals surface area contributed by atoms with Gasteiger partial charge >= 0.3 is 5.97 Å². The number of hydrogen-bond acceptors (Lipinski definition) is 2. The number of rotatable bonds is 4. The topological polar surface area (TPSA) is 49.3 Å². The van der Waals surface area contributed by atoms with E-state index in [0.717, 1.165) is 0 Å². The quantitative estimate of drug-likeness (QED) is 0.776. The third-order valence-electron chi connectivity index (χ3n) is 3.01. The van der Waals surface area contributed by atoms with E-state index in [1.165, 1.54) is 24.3 Å². The van der Waals surface area contributed by atoms with Gasteiger partial charge in [-0.3, -0.25) is 0 Å². The second kappa shape index (κ2) is 6.33. The van der Waals surface area contributed by atoms with Gasteiger partial charge in [0.1, 0.15) is 5.82 Å². The van der Waals surface area contributed by atoms with Crippen LogP contribution in [0.3, 0.4) is 0 Å². The fraction of sp³-hybridized carbons (Fsp3) is 0.133. The average molecular weight is 328 g/mol. The normalized spacial score (nSPS) is 12.0. The Morgan fingerprint density at radius 1 is 1.29 bits per heavy atom. The SMILES string of the molecule is CC(Nc1cccc(C(=O)O)c1)c1c(Cl)ccc(F)c1Cl. The molecule has 1 unspecified atom stereocenters. The van der Waals surface area contributed by atoms with Crippen LogP contribution in [0, 0.1) is 5.82 Å². The summed E-state index contributed by atoms with van der Waals surface area (Å²) >= 11 is 12.0. The smallest absolute Gasteiger partial charge is 0.335 e. The van der Waals surface area contributed by atoms with Gasteiger partial charge in [0.2, 0.25) is 0 Å². The van der Waals surface area contributed by atoms with Gasteiger partial charge < -0.3 is 10.4 Å². The molecule has 21 heavy (non-hydrogen) atoms. The first-order chi connectivity index (χ1) is 9.90. The summed E-state index contributed by atoms with van der Waals surface area (Å²) in [5, 5.41) is 12.3. The average Bonchev–Trinajstić information content (AvgIpc) is 2.43. The van der Waals surface area contributed by atoms with Gasteiger partial charge in [0.15, 0.2) is 0 Å². The van der Waals surface area contributed by atoms with Crippen molar-refractivity contribution in [2.75, 3.05) is 5.32 Å². The van der Waals surface area contributed by atoms with Crippen molar-refractivity contribution in [3.05, 3.63) is 63.4 Å². The van der Waals surface area contributed by atoms with Crippen LogP contribution in [0.4, 0.5) is 10.1 Å². The Morgan fingerprint density at radius 3 is 2.67 bits per heavy atom. The molecule has 0 aliphatic heterocycles. The number of anilines is 1. The fourth-order valence-corrected chi connectivity index (χ4v) is 2.70. The summed E-state index contributed by atoms with van der Waals surface area (Å²) in [5.41, 5.74) is 1.17. The number of aromatic carboxylic acids is 1. The molecule has 0 bridgehead atoms. The van der Waals surface area contributed by atoms with Gasteiger partial charge in [-0.2, -0.15) is 0 Å².